The maximum Gasteiger partial charge on any atom is 0.240 e. The van der Waals surface area contributed by atoms with Gasteiger partial charge >= 0.3 is 0 Å². The van der Waals surface area contributed by atoms with Crippen molar-refractivity contribution in [2.45, 2.75) is 0 Å². The molecule has 0 fully saturated rings. The number of fused-ring (bicyclic) bond motifs is 1. The fourth-order valence-corrected chi connectivity index (χ4v) is 3.92. The molecule has 0 aliphatic carbocycles. The molecule has 0 aliphatic rings. The van der Waals surface area contributed by atoms with E-state index in [9.17, 15) is 0 Å². The van der Waals surface area contributed by atoms with Gasteiger partial charge in [-0.2, -0.15) is 29.9 Å². The van der Waals surface area contributed by atoms with Crippen LogP contribution in [-0.4, -0.2) is 58.6 Å². The maximum absolute atomic E-state index is 6.17. The van der Waals surface area contributed by atoms with E-state index in [0.717, 1.165) is 11.0 Å². The number of imidazole rings is 3. The zero-order chi connectivity index (χ0) is 26.2. The molecule has 0 saturated carbocycles. The molecule has 5 heterocycles. The van der Waals surface area contributed by atoms with Crippen LogP contribution in [0.25, 0.3) is 40.5 Å². The lowest BCUT2D eigenvalue weighted by molar-refractivity contribution is 0.831. The molecule has 0 atom stereocenters. The average Bonchev–Trinajstić information content (AvgIpc) is 3.76. The summed E-state index contributed by atoms with van der Waals surface area (Å²) in [6.45, 7) is 0. The van der Waals surface area contributed by atoms with E-state index in [2.05, 4.69) is 45.2 Å². The summed E-state index contributed by atoms with van der Waals surface area (Å²) in [5, 5.41) is 3.19. The van der Waals surface area contributed by atoms with Crippen molar-refractivity contribution in [1.82, 2.24) is 58.6 Å². The van der Waals surface area contributed by atoms with Crippen LogP contribution in [-0.2, 0) is 0 Å². The Morgan fingerprint density at radius 2 is 1.31 bits per heavy atom. The topological polar surface area (TPSA) is 169 Å². The largest absolute Gasteiger partial charge is 0.397 e. The van der Waals surface area contributed by atoms with E-state index in [1.165, 1.54) is 0 Å². The van der Waals surface area contributed by atoms with Crippen molar-refractivity contribution in [2.75, 3.05) is 11.1 Å². The molecule has 0 unspecified atom stereocenters. The third-order valence-corrected chi connectivity index (χ3v) is 5.78. The van der Waals surface area contributed by atoms with Crippen LogP contribution in [0.4, 0.5) is 17.3 Å². The normalized spacial score (nSPS) is 11.2. The van der Waals surface area contributed by atoms with Gasteiger partial charge in [0.2, 0.25) is 35.4 Å². The number of hydrogen-bond acceptors (Lipinski definition) is 11. The van der Waals surface area contributed by atoms with Crippen molar-refractivity contribution in [1.29, 1.82) is 0 Å². The van der Waals surface area contributed by atoms with Crippen molar-refractivity contribution < 1.29 is 0 Å². The summed E-state index contributed by atoms with van der Waals surface area (Å²) in [5.41, 5.74) is 8.98. The minimum atomic E-state index is 0.208. The maximum atomic E-state index is 6.17. The molecule has 0 aliphatic heterocycles. The van der Waals surface area contributed by atoms with E-state index < -0.39 is 0 Å². The second-order valence-corrected chi connectivity index (χ2v) is 8.30. The van der Waals surface area contributed by atoms with Gasteiger partial charge in [-0.25, -0.2) is 15.0 Å². The number of nitrogens with zero attached hydrogens (tertiary/aromatic N) is 12. The molecular formula is C25H18N14. The van der Waals surface area contributed by atoms with Crippen LogP contribution in [0.5, 0.6) is 0 Å². The zero-order valence-electron chi connectivity index (χ0n) is 20.1. The number of benzene rings is 2. The number of aromatic nitrogens is 12. The van der Waals surface area contributed by atoms with Gasteiger partial charge < -0.3 is 11.1 Å². The molecule has 7 rings (SSSR count). The van der Waals surface area contributed by atoms with Crippen molar-refractivity contribution in [3.8, 4) is 29.5 Å². The third-order valence-electron chi connectivity index (χ3n) is 5.78. The van der Waals surface area contributed by atoms with Crippen LogP contribution in [0.3, 0.4) is 0 Å². The van der Waals surface area contributed by atoms with Gasteiger partial charge in [0.1, 0.15) is 19.0 Å². The highest BCUT2D eigenvalue weighted by atomic mass is 15.3. The third kappa shape index (κ3) is 4.17. The first kappa shape index (κ1) is 22.2. The first-order chi connectivity index (χ1) is 19.2. The van der Waals surface area contributed by atoms with Crippen LogP contribution in [0.2, 0.25) is 0 Å². The fourth-order valence-electron chi connectivity index (χ4n) is 3.92. The van der Waals surface area contributed by atoms with E-state index in [1.807, 2.05) is 42.5 Å². The minimum absolute atomic E-state index is 0.208. The van der Waals surface area contributed by atoms with E-state index in [-0.39, 0.29) is 17.6 Å². The molecule has 3 N–H and O–H groups in total. The van der Waals surface area contributed by atoms with Crippen molar-refractivity contribution in [3.63, 3.8) is 0 Å². The fraction of sp³-hybridized carbons (Fsp3) is 0. The summed E-state index contributed by atoms with van der Waals surface area (Å²) in [4.78, 5) is 40.6. The Kier molecular flexibility index (Phi) is 5.18. The molecule has 0 amide bonds. The SMILES string of the molecule is Nc1ccccc1Nc1nc(-c2nc(-n3ccnc3)nc(-n3ccnc3)n2)nc(-n2cnc3ccccc32)n1. The summed E-state index contributed by atoms with van der Waals surface area (Å²) in [6.07, 6.45) is 11.6. The number of anilines is 3. The second kappa shape index (κ2) is 9.11. The van der Waals surface area contributed by atoms with Gasteiger partial charge in [0, 0.05) is 24.8 Å². The summed E-state index contributed by atoms with van der Waals surface area (Å²) >= 11 is 0. The minimum Gasteiger partial charge on any atom is -0.397 e. The molecule has 14 heteroatoms. The lowest BCUT2D eigenvalue weighted by Crippen LogP contribution is -2.12. The first-order valence-electron chi connectivity index (χ1n) is 11.7. The number of nitrogen functional groups attached to an aromatic ring is 1. The van der Waals surface area contributed by atoms with E-state index in [1.54, 1.807) is 63.5 Å². The van der Waals surface area contributed by atoms with Gasteiger partial charge in [-0.1, -0.05) is 24.3 Å². The second-order valence-electron chi connectivity index (χ2n) is 8.30. The van der Waals surface area contributed by atoms with Crippen molar-refractivity contribution >= 4 is 28.4 Å². The lowest BCUT2D eigenvalue weighted by atomic mass is 10.3. The molecule has 0 bridgehead atoms. The monoisotopic (exact) mass is 514 g/mol. The van der Waals surface area contributed by atoms with Crippen LogP contribution in [0, 0.1) is 0 Å². The summed E-state index contributed by atoms with van der Waals surface area (Å²) in [5.74, 6) is 1.66. The van der Waals surface area contributed by atoms with Gasteiger partial charge in [0.25, 0.3) is 0 Å². The van der Waals surface area contributed by atoms with Gasteiger partial charge in [-0.15, -0.1) is 0 Å². The summed E-state index contributed by atoms with van der Waals surface area (Å²) in [7, 11) is 0. The predicted molar refractivity (Wildman–Crippen MR) is 142 cm³/mol. The van der Waals surface area contributed by atoms with Gasteiger partial charge in [0.05, 0.1) is 22.4 Å². The Morgan fingerprint density at radius 3 is 2.03 bits per heavy atom. The zero-order valence-corrected chi connectivity index (χ0v) is 20.1. The molecule has 39 heavy (non-hydrogen) atoms. The van der Waals surface area contributed by atoms with E-state index in [4.69, 9.17) is 10.7 Å². The summed E-state index contributed by atoms with van der Waals surface area (Å²) in [6, 6.07) is 15.0. The highest BCUT2D eigenvalue weighted by molar-refractivity contribution is 5.77. The highest BCUT2D eigenvalue weighted by Crippen LogP contribution is 2.24. The first-order valence-corrected chi connectivity index (χ1v) is 11.7. The Morgan fingerprint density at radius 1 is 0.641 bits per heavy atom. The van der Waals surface area contributed by atoms with Crippen LogP contribution in [0.1, 0.15) is 0 Å². The van der Waals surface area contributed by atoms with Crippen molar-refractivity contribution in [3.05, 3.63) is 92.3 Å². The average molecular weight is 515 g/mol. The number of hydrogen-bond donors (Lipinski definition) is 2. The Labute approximate surface area is 220 Å². The van der Waals surface area contributed by atoms with Gasteiger partial charge in [0.15, 0.2) is 0 Å². The molecule has 7 aromatic rings. The highest BCUT2D eigenvalue weighted by Gasteiger charge is 2.18. The van der Waals surface area contributed by atoms with Crippen LogP contribution >= 0.6 is 0 Å². The lowest BCUT2D eigenvalue weighted by Gasteiger charge is -2.12. The Hall–Kier alpha value is -6.05. The number of nitrogens with two attached hydrogens (primary N) is 1. The van der Waals surface area contributed by atoms with E-state index in [0.29, 0.717) is 29.2 Å². The molecule has 188 valence electrons. The Bertz CT molecular complexity index is 1850. The molecular weight excluding hydrogens is 496 g/mol. The number of para-hydroxylation sites is 4. The molecule has 0 saturated heterocycles. The molecule has 2 aromatic carbocycles. The standard InChI is InChI=1S/C25H18N14/c26-16-5-1-2-6-17(16)30-22-31-20(34-25(35-22)39-15-29-18-7-3-4-8-19(18)39)21-32-23(37-11-9-27-13-37)36-24(33-21)38-12-10-28-14-38/h1-15H,26H2,(H,30,31,34,35). The quantitative estimate of drug-likeness (QED) is 0.313. The predicted octanol–water partition coefficient (Wildman–Crippen LogP) is 2.76. The van der Waals surface area contributed by atoms with Gasteiger partial charge in [-0.05, 0) is 24.3 Å². The van der Waals surface area contributed by atoms with Gasteiger partial charge in [-0.3, -0.25) is 13.7 Å². The van der Waals surface area contributed by atoms with Crippen molar-refractivity contribution in [2.24, 2.45) is 0 Å². The van der Waals surface area contributed by atoms with Crippen LogP contribution < -0.4 is 11.1 Å². The number of rotatable bonds is 6. The van der Waals surface area contributed by atoms with Crippen LogP contribution in [0.15, 0.2) is 92.3 Å². The molecule has 0 radical (unpaired) electrons. The smallest absolute Gasteiger partial charge is 0.240 e. The summed E-state index contributed by atoms with van der Waals surface area (Å²) < 4.78 is 5.11. The Balaban J connectivity index is 1.43. The molecule has 14 nitrogen and oxygen atoms in total. The molecule has 0 spiro atoms. The van der Waals surface area contributed by atoms with E-state index >= 15 is 0 Å². The molecule has 5 aromatic heterocycles. The number of nitrogens with one attached hydrogen (secondary N) is 1.